The molecule has 6 nitrogen and oxygen atoms in total. The number of nitrogens with one attached hydrogen (secondary N) is 1. The summed E-state index contributed by atoms with van der Waals surface area (Å²) in [6, 6.07) is 3.52. The van der Waals surface area contributed by atoms with Gasteiger partial charge in [0.15, 0.2) is 5.76 Å². The quantitative estimate of drug-likeness (QED) is 0.871. The first kappa shape index (κ1) is 12.3. The van der Waals surface area contributed by atoms with Crippen LogP contribution in [0.2, 0.25) is 0 Å². The summed E-state index contributed by atoms with van der Waals surface area (Å²) >= 11 is 0. The number of rotatable bonds is 5. The predicted molar refractivity (Wildman–Crippen MR) is 63.6 cm³/mol. The van der Waals surface area contributed by atoms with Gasteiger partial charge in [-0.1, -0.05) is 19.0 Å². The lowest BCUT2D eigenvalue weighted by Crippen LogP contribution is -2.29. The van der Waals surface area contributed by atoms with Crippen molar-refractivity contribution in [1.82, 2.24) is 15.5 Å². The molecule has 0 unspecified atom stereocenters. The van der Waals surface area contributed by atoms with E-state index in [-0.39, 0.29) is 11.8 Å². The van der Waals surface area contributed by atoms with Crippen molar-refractivity contribution in [1.29, 1.82) is 0 Å². The Morgan fingerprint density at radius 3 is 3.00 bits per heavy atom. The van der Waals surface area contributed by atoms with Gasteiger partial charge in [-0.25, -0.2) is 0 Å². The van der Waals surface area contributed by atoms with Crippen molar-refractivity contribution < 1.29 is 13.7 Å². The van der Waals surface area contributed by atoms with Crippen molar-refractivity contribution >= 4 is 5.91 Å². The normalized spacial score (nSPS) is 10.8. The molecule has 0 aromatic carbocycles. The van der Waals surface area contributed by atoms with Crippen molar-refractivity contribution in [2.24, 2.45) is 5.92 Å². The highest BCUT2D eigenvalue weighted by Crippen LogP contribution is 2.15. The van der Waals surface area contributed by atoms with Gasteiger partial charge in [0.2, 0.25) is 17.6 Å². The summed E-state index contributed by atoms with van der Waals surface area (Å²) in [5, 5.41) is 6.58. The van der Waals surface area contributed by atoms with Gasteiger partial charge in [-0.05, 0) is 12.1 Å². The molecule has 0 aliphatic carbocycles. The van der Waals surface area contributed by atoms with Crippen LogP contribution >= 0.6 is 0 Å². The van der Waals surface area contributed by atoms with Crippen LogP contribution in [0.1, 0.15) is 19.7 Å². The molecule has 1 amide bonds. The molecule has 18 heavy (non-hydrogen) atoms. The van der Waals surface area contributed by atoms with Gasteiger partial charge >= 0.3 is 0 Å². The topological polar surface area (TPSA) is 81.2 Å². The van der Waals surface area contributed by atoms with Crippen molar-refractivity contribution in [3.63, 3.8) is 0 Å². The molecule has 2 rings (SSSR count). The highest BCUT2D eigenvalue weighted by Gasteiger charge is 2.11. The number of aromatic nitrogens is 2. The summed E-state index contributed by atoms with van der Waals surface area (Å²) < 4.78 is 10.2. The lowest BCUT2D eigenvalue weighted by atomic mass is 10.2. The maximum Gasteiger partial charge on any atom is 0.238 e. The molecule has 1 N–H and O–H groups in total. The molecule has 0 spiro atoms. The fraction of sp³-hybridized carbons (Fsp3) is 0.417. The minimum atomic E-state index is -0.0219. The summed E-state index contributed by atoms with van der Waals surface area (Å²) in [6.07, 6.45) is 2.06. The van der Waals surface area contributed by atoms with Crippen LogP contribution in [0.25, 0.3) is 11.6 Å². The zero-order valence-electron chi connectivity index (χ0n) is 10.3. The molecule has 6 heteroatoms. The molecule has 0 aliphatic heterocycles. The third-order valence-corrected chi connectivity index (χ3v) is 2.37. The summed E-state index contributed by atoms with van der Waals surface area (Å²) in [5.74, 6) is 1.46. The van der Waals surface area contributed by atoms with E-state index in [1.165, 1.54) is 0 Å². The van der Waals surface area contributed by atoms with Gasteiger partial charge in [0.25, 0.3) is 0 Å². The summed E-state index contributed by atoms with van der Waals surface area (Å²) in [4.78, 5) is 15.5. The largest absolute Gasteiger partial charge is 0.461 e. The third kappa shape index (κ3) is 2.97. The summed E-state index contributed by atoms with van der Waals surface area (Å²) in [6.45, 7) is 4.17. The SMILES string of the molecule is CC(C)C(=O)NCCc1nc(-c2ccco2)no1. The van der Waals surface area contributed by atoms with Gasteiger partial charge in [-0.2, -0.15) is 4.98 Å². The zero-order chi connectivity index (χ0) is 13.0. The second-order valence-electron chi connectivity index (χ2n) is 4.18. The number of carbonyl (C=O) groups is 1. The maximum absolute atomic E-state index is 11.3. The Hall–Kier alpha value is -2.11. The van der Waals surface area contributed by atoms with Crippen LogP contribution in [0.15, 0.2) is 27.3 Å². The maximum atomic E-state index is 11.3. The van der Waals surface area contributed by atoms with E-state index < -0.39 is 0 Å². The van der Waals surface area contributed by atoms with Crippen LogP contribution in [-0.4, -0.2) is 22.6 Å². The monoisotopic (exact) mass is 249 g/mol. The highest BCUT2D eigenvalue weighted by atomic mass is 16.5. The van der Waals surface area contributed by atoms with Crippen LogP contribution in [0.4, 0.5) is 0 Å². The fourth-order valence-electron chi connectivity index (χ4n) is 1.36. The first-order valence-electron chi connectivity index (χ1n) is 5.81. The van der Waals surface area contributed by atoms with Crippen molar-refractivity contribution in [3.05, 3.63) is 24.3 Å². The minimum absolute atomic E-state index is 0.0146. The molecule has 96 valence electrons. The zero-order valence-corrected chi connectivity index (χ0v) is 10.3. The van der Waals surface area contributed by atoms with E-state index in [9.17, 15) is 4.79 Å². The Morgan fingerprint density at radius 2 is 2.33 bits per heavy atom. The van der Waals surface area contributed by atoms with Crippen LogP contribution in [0, 0.1) is 5.92 Å². The van der Waals surface area contributed by atoms with Gasteiger partial charge in [0, 0.05) is 18.9 Å². The lowest BCUT2D eigenvalue weighted by Gasteiger charge is -2.05. The average molecular weight is 249 g/mol. The van der Waals surface area contributed by atoms with E-state index in [2.05, 4.69) is 15.5 Å². The molecule has 0 atom stereocenters. The van der Waals surface area contributed by atoms with Crippen LogP contribution in [0.3, 0.4) is 0 Å². The number of nitrogens with zero attached hydrogens (tertiary/aromatic N) is 2. The van der Waals surface area contributed by atoms with E-state index in [0.29, 0.717) is 30.4 Å². The summed E-state index contributed by atoms with van der Waals surface area (Å²) in [7, 11) is 0. The van der Waals surface area contributed by atoms with E-state index >= 15 is 0 Å². The van der Waals surface area contributed by atoms with E-state index in [1.54, 1.807) is 18.4 Å². The molecular formula is C12H15N3O3. The third-order valence-electron chi connectivity index (χ3n) is 2.37. The molecule has 0 fully saturated rings. The number of furan rings is 1. The van der Waals surface area contributed by atoms with E-state index in [0.717, 1.165) is 0 Å². The molecule has 0 saturated carbocycles. The van der Waals surface area contributed by atoms with Crippen molar-refractivity contribution in [2.45, 2.75) is 20.3 Å². The van der Waals surface area contributed by atoms with Crippen LogP contribution < -0.4 is 5.32 Å². The van der Waals surface area contributed by atoms with Crippen molar-refractivity contribution in [2.75, 3.05) is 6.54 Å². The number of hydrogen-bond acceptors (Lipinski definition) is 5. The van der Waals surface area contributed by atoms with Gasteiger partial charge in [0.05, 0.1) is 6.26 Å². The molecule has 2 aromatic heterocycles. The van der Waals surface area contributed by atoms with Gasteiger partial charge < -0.3 is 14.3 Å². The lowest BCUT2D eigenvalue weighted by molar-refractivity contribution is -0.123. The van der Waals surface area contributed by atoms with Gasteiger partial charge in [0.1, 0.15) is 0 Å². The smallest absolute Gasteiger partial charge is 0.238 e. The van der Waals surface area contributed by atoms with Crippen LogP contribution in [-0.2, 0) is 11.2 Å². The Morgan fingerprint density at radius 1 is 1.50 bits per heavy atom. The Balaban J connectivity index is 1.86. The summed E-state index contributed by atoms with van der Waals surface area (Å²) in [5.41, 5.74) is 0. The molecule has 0 bridgehead atoms. The minimum Gasteiger partial charge on any atom is -0.461 e. The Kier molecular flexibility index (Phi) is 3.76. The number of hydrogen-bond donors (Lipinski definition) is 1. The van der Waals surface area contributed by atoms with Gasteiger partial charge in [-0.15, -0.1) is 0 Å². The van der Waals surface area contributed by atoms with Crippen LogP contribution in [0.5, 0.6) is 0 Å². The molecule has 0 radical (unpaired) electrons. The highest BCUT2D eigenvalue weighted by molar-refractivity contribution is 5.77. The number of carbonyl (C=O) groups excluding carboxylic acids is 1. The average Bonchev–Trinajstić information content (AvgIpc) is 2.98. The standard InChI is InChI=1S/C12H15N3O3/c1-8(2)12(16)13-6-5-10-14-11(15-18-10)9-4-3-7-17-9/h3-4,7-8H,5-6H2,1-2H3,(H,13,16). The second-order valence-corrected chi connectivity index (χ2v) is 4.18. The van der Waals surface area contributed by atoms with E-state index in [4.69, 9.17) is 8.94 Å². The first-order chi connectivity index (χ1) is 8.66. The molecule has 0 saturated heterocycles. The fourth-order valence-corrected chi connectivity index (χ4v) is 1.36. The molecule has 2 aromatic rings. The first-order valence-corrected chi connectivity index (χ1v) is 5.81. The Bertz CT molecular complexity index is 502. The second kappa shape index (κ2) is 5.48. The van der Waals surface area contributed by atoms with Gasteiger partial charge in [-0.3, -0.25) is 4.79 Å². The Labute approximate surface area is 104 Å². The van der Waals surface area contributed by atoms with Crippen molar-refractivity contribution in [3.8, 4) is 11.6 Å². The molecular weight excluding hydrogens is 234 g/mol. The van der Waals surface area contributed by atoms with E-state index in [1.807, 2.05) is 13.8 Å². The molecule has 0 aliphatic rings. The predicted octanol–water partition coefficient (Wildman–Crippen LogP) is 1.64. The number of amides is 1. The molecule has 2 heterocycles.